The number of halogens is 3. The molecular weight excluding hydrogens is 660 g/mol. The number of aromatic nitrogens is 5. The van der Waals surface area contributed by atoms with E-state index in [2.05, 4.69) is 42.9 Å². The summed E-state index contributed by atoms with van der Waals surface area (Å²) in [5, 5.41) is 5.17. The van der Waals surface area contributed by atoms with Crippen molar-refractivity contribution < 1.29 is 23.2 Å². The average Bonchev–Trinajstić information content (AvgIpc) is 3.35. The lowest BCUT2D eigenvalue weighted by atomic mass is 9.95. The summed E-state index contributed by atoms with van der Waals surface area (Å²) in [4.78, 5) is 56.9. The van der Waals surface area contributed by atoms with Crippen LogP contribution >= 0.6 is 15.9 Å². The number of piperidine rings is 1. The first kappa shape index (κ1) is 30.7. The number of likely N-dealkylation sites (tertiary alicyclic amines) is 2. The van der Waals surface area contributed by atoms with Crippen LogP contribution in [0.3, 0.4) is 0 Å². The molecule has 238 valence electrons. The number of rotatable bonds is 9. The Morgan fingerprint density at radius 3 is 2.48 bits per heavy atom. The zero-order valence-corrected chi connectivity index (χ0v) is 27.2. The normalized spacial score (nSPS) is 23.3. The molecule has 10 nitrogen and oxygen atoms in total. The summed E-state index contributed by atoms with van der Waals surface area (Å²) >= 11 is 3.37. The molecule has 0 radical (unpaired) electrons. The predicted molar refractivity (Wildman–Crippen MR) is 168 cm³/mol. The molecule has 13 heteroatoms. The van der Waals surface area contributed by atoms with Gasteiger partial charge in [-0.05, 0) is 70.4 Å². The van der Waals surface area contributed by atoms with Crippen LogP contribution < -0.4 is 0 Å². The van der Waals surface area contributed by atoms with E-state index in [4.69, 9.17) is 0 Å². The number of Topliss-reactive ketones (excluding diaryl/α,β-unsaturated/α-hetero) is 2. The van der Waals surface area contributed by atoms with E-state index in [9.17, 15) is 23.2 Å². The molecule has 2 saturated heterocycles. The van der Waals surface area contributed by atoms with Gasteiger partial charge in [-0.3, -0.25) is 24.0 Å². The van der Waals surface area contributed by atoms with Crippen LogP contribution in [0.4, 0.5) is 8.78 Å². The van der Waals surface area contributed by atoms with Gasteiger partial charge in [-0.25, -0.2) is 23.7 Å². The van der Waals surface area contributed by atoms with Gasteiger partial charge in [0.15, 0.2) is 11.6 Å². The van der Waals surface area contributed by atoms with Crippen molar-refractivity contribution in [2.75, 3.05) is 13.1 Å². The molecular formula is C33H32BrF2N7O3. The van der Waals surface area contributed by atoms with E-state index in [1.165, 1.54) is 6.92 Å². The molecule has 1 aromatic carbocycles. The maximum absolute atomic E-state index is 14.0. The Kier molecular flexibility index (Phi) is 7.39. The molecule has 0 N–H and O–H groups in total. The Bertz CT molecular complexity index is 1910. The lowest BCUT2D eigenvalue weighted by Gasteiger charge is -2.38. The zero-order chi connectivity index (χ0) is 32.5. The van der Waals surface area contributed by atoms with Crippen molar-refractivity contribution in [1.82, 2.24) is 34.5 Å². The molecule has 3 atom stereocenters. The Morgan fingerprint density at radius 1 is 1.04 bits per heavy atom. The quantitative estimate of drug-likeness (QED) is 0.182. The molecule has 1 amide bonds. The number of alkyl halides is 2. The molecule has 3 aromatic heterocycles. The molecule has 0 spiro atoms. The summed E-state index contributed by atoms with van der Waals surface area (Å²) < 4.78 is 29.0. The number of fused-ring (bicyclic) bond motifs is 2. The highest BCUT2D eigenvalue weighted by atomic mass is 79.9. The third kappa shape index (κ3) is 5.63. The van der Waals surface area contributed by atoms with Crippen LogP contribution in [-0.4, -0.2) is 83.1 Å². The third-order valence-electron chi connectivity index (χ3n) is 9.46. The number of ketones is 2. The van der Waals surface area contributed by atoms with Crippen molar-refractivity contribution in [2.24, 2.45) is 5.41 Å². The SMILES string of the molecule is CC(=O)c1nn(CC(=O)N2[C@H](C(=O)Cc3nc(Br)ccc3CN3CC(F)(F)C3)C[C@@]3(C)C[C@@H]23)c2ccc(-c3cnc(C)nc3)cc12. The lowest BCUT2D eigenvalue weighted by molar-refractivity contribution is -0.139. The second-order valence-corrected chi connectivity index (χ2v) is 13.9. The van der Waals surface area contributed by atoms with Gasteiger partial charge in [0, 0.05) is 42.9 Å². The van der Waals surface area contributed by atoms with E-state index >= 15 is 0 Å². The van der Waals surface area contributed by atoms with Gasteiger partial charge in [0.1, 0.15) is 22.7 Å². The highest BCUT2D eigenvalue weighted by molar-refractivity contribution is 9.10. The van der Waals surface area contributed by atoms with Gasteiger partial charge in [-0.1, -0.05) is 19.1 Å². The van der Waals surface area contributed by atoms with Crippen LogP contribution in [0, 0.1) is 12.3 Å². The summed E-state index contributed by atoms with van der Waals surface area (Å²) in [6, 6.07) is 8.42. The van der Waals surface area contributed by atoms with Crippen molar-refractivity contribution >= 4 is 44.3 Å². The largest absolute Gasteiger partial charge is 0.327 e. The Morgan fingerprint density at radius 2 is 1.78 bits per heavy atom. The maximum Gasteiger partial charge on any atom is 0.272 e. The Labute approximate surface area is 272 Å². The number of carbonyl (C=O) groups excluding carboxylic acids is 3. The first-order valence-corrected chi connectivity index (χ1v) is 16.0. The number of amides is 1. The second kappa shape index (κ2) is 11.1. The van der Waals surface area contributed by atoms with E-state index in [0.29, 0.717) is 33.4 Å². The molecule has 1 aliphatic carbocycles. The molecule has 0 bridgehead atoms. The van der Waals surface area contributed by atoms with Gasteiger partial charge in [0.25, 0.3) is 5.92 Å². The molecule has 4 aromatic rings. The first-order chi connectivity index (χ1) is 21.8. The molecule has 3 aliphatic rings. The topological polar surface area (TPSA) is 114 Å². The number of benzene rings is 1. The van der Waals surface area contributed by atoms with Gasteiger partial charge >= 0.3 is 0 Å². The standard InChI is InChI=1S/C33H32BrF2N7O3/c1-18(44)31-23-8-20(22-12-37-19(2)38-13-22)4-6-25(23)42(40-31)15-30(46)43-26(10-32(3)11-28(32)43)27(45)9-24-21(5-7-29(34)39-24)14-41-16-33(35,36)17-41/h4-8,12-13,26,28H,9-11,14-17H2,1-3H3/t26-,28+,32-/m0/s1. The fraction of sp³-hybridized carbons (Fsp3) is 0.424. The second-order valence-electron chi connectivity index (χ2n) is 13.1. The smallest absolute Gasteiger partial charge is 0.272 e. The minimum absolute atomic E-state index is 0.0130. The van der Waals surface area contributed by atoms with Crippen molar-refractivity contribution in [3.05, 3.63) is 70.1 Å². The Balaban J connectivity index is 1.13. The van der Waals surface area contributed by atoms with Crippen LogP contribution in [0.5, 0.6) is 0 Å². The highest BCUT2D eigenvalue weighted by Crippen LogP contribution is 2.59. The summed E-state index contributed by atoms with van der Waals surface area (Å²) in [7, 11) is 0. The van der Waals surface area contributed by atoms with Crippen LogP contribution in [-0.2, 0) is 29.1 Å². The summed E-state index contributed by atoms with van der Waals surface area (Å²) in [5.74, 6) is -2.65. The highest BCUT2D eigenvalue weighted by Gasteiger charge is 2.64. The Hall–Kier alpha value is -3.97. The van der Waals surface area contributed by atoms with Crippen molar-refractivity contribution in [3.8, 4) is 11.1 Å². The number of nitrogens with zero attached hydrogens (tertiary/aromatic N) is 7. The molecule has 3 fully saturated rings. The minimum atomic E-state index is -2.69. The van der Waals surface area contributed by atoms with Gasteiger partial charge in [-0.15, -0.1) is 0 Å². The van der Waals surface area contributed by atoms with Gasteiger partial charge in [0.2, 0.25) is 5.91 Å². The number of hydrogen-bond donors (Lipinski definition) is 0. The van der Waals surface area contributed by atoms with Gasteiger partial charge < -0.3 is 4.90 Å². The van der Waals surface area contributed by atoms with Crippen LogP contribution in [0.1, 0.15) is 54.3 Å². The summed E-state index contributed by atoms with van der Waals surface area (Å²) in [5.41, 5.74) is 3.61. The predicted octanol–water partition coefficient (Wildman–Crippen LogP) is 4.80. The molecule has 1 saturated carbocycles. The van der Waals surface area contributed by atoms with Gasteiger partial charge in [-0.2, -0.15) is 5.10 Å². The summed E-state index contributed by atoms with van der Waals surface area (Å²) in [6.07, 6.45) is 4.79. The van der Waals surface area contributed by atoms with E-state index < -0.39 is 12.0 Å². The number of hydrogen-bond acceptors (Lipinski definition) is 8. The fourth-order valence-corrected chi connectivity index (χ4v) is 7.29. The average molecular weight is 693 g/mol. The molecule has 0 unspecified atom stereocenters. The van der Waals surface area contributed by atoms with Crippen molar-refractivity contribution in [1.29, 1.82) is 0 Å². The summed E-state index contributed by atoms with van der Waals surface area (Å²) in [6.45, 7) is 4.84. The molecule has 7 rings (SSSR count). The van der Waals surface area contributed by atoms with E-state index in [1.54, 1.807) is 45.9 Å². The van der Waals surface area contributed by atoms with E-state index in [-0.39, 0.29) is 67.2 Å². The van der Waals surface area contributed by atoms with Crippen molar-refractivity contribution in [3.63, 3.8) is 0 Å². The van der Waals surface area contributed by atoms with Crippen LogP contribution in [0.25, 0.3) is 22.0 Å². The van der Waals surface area contributed by atoms with Gasteiger partial charge in [0.05, 0.1) is 36.8 Å². The van der Waals surface area contributed by atoms with Crippen LogP contribution in [0.2, 0.25) is 0 Å². The van der Waals surface area contributed by atoms with E-state index in [1.807, 2.05) is 18.2 Å². The van der Waals surface area contributed by atoms with Crippen molar-refractivity contribution in [2.45, 2.75) is 71.1 Å². The number of carbonyl (C=O) groups is 3. The maximum atomic E-state index is 14.0. The lowest BCUT2D eigenvalue weighted by Crippen LogP contribution is -2.55. The third-order valence-corrected chi connectivity index (χ3v) is 9.90. The fourth-order valence-electron chi connectivity index (χ4n) is 6.95. The zero-order valence-electron chi connectivity index (χ0n) is 25.6. The number of aryl methyl sites for hydroxylation is 1. The molecule has 5 heterocycles. The minimum Gasteiger partial charge on any atom is -0.327 e. The van der Waals surface area contributed by atoms with Crippen LogP contribution in [0.15, 0.2) is 47.3 Å². The monoisotopic (exact) mass is 691 g/mol. The number of pyridine rings is 1. The molecule has 2 aliphatic heterocycles. The van der Waals surface area contributed by atoms with E-state index in [0.717, 1.165) is 23.1 Å². The first-order valence-electron chi connectivity index (χ1n) is 15.2. The molecule has 46 heavy (non-hydrogen) atoms.